The molecule has 2 N–H and O–H groups in total. The average molecular weight is 356 g/mol. The van der Waals surface area contributed by atoms with Crippen molar-refractivity contribution in [3.63, 3.8) is 0 Å². The van der Waals surface area contributed by atoms with Crippen molar-refractivity contribution in [3.05, 3.63) is 48.0 Å². The van der Waals surface area contributed by atoms with Crippen LogP contribution in [0.5, 0.6) is 11.5 Å². The summed E-state index contributed by atoms with van der Waals surface area (Å²) in [4.78, 5) is 0. The summed E-state index contributed by atoms with van der Waals surface area (Å²) in [5.74, 6) is 1.14. The van der Waals surface area contributed by atoms with Crippen LogP contribution >= 0.6 is 12.2 Å². The van der Waals surface area contributed by atoms with Crippen LogP contribution in [0.25, 0.3) is 0 Å². The topological polar surface area (TPSA) is 42.5 Å². The number of thiocarbonyl (C=S) groups is 1. The van der Waals surface area contributed by atoms with E-state index in [1.807, 2.05) is 0 Å². The molecule has 2 rings (SSSR count). The van der Waals surface area contributed by atoms with E-state index in [4.69, 9.17) is 21.7 Å². The van der Waals surface area contributed by atoms with Crippen molar-refractivity contribution in [1.29, 1.82) is 0 Å². The molecule has 24 heavy (non-hydrogen) atoms. The lowest BCUT2D eigenvalue weighted by Crippen LogP contribution is -2.19. The minimum absolute atomic E-state index is 0.221. The van der Waals surface area contributed by atoms with Crippen molar-refractivity contribution in [1.82, 2.24) is 0 Å². The molecule has 128 valence electrons. The molecule has 0 unspecified atom stereocenters. The van der Waals surface area contributed by atoms with Gasteiger partial charge in [-0.1, -0.05) is 0 Å². The van der Waals surface area contributed by atoms with E-state index in [9.17, 15) is 13.2 Å². The largest absolute Gasteiger partial charge is 0.497 e. The molecule has 0 aliphatic rings. The van der Waals surface area contributed by atoms with Crippen LogP contribution in [0.15, 0.2) is 42.5 Å². The van der Waals surface area contributed by atoms with Gasteiger partial charge in [-0.2, -0.15) is 13.2 Å². The van der Waals surface area contributed by atoms with Gasteiger partial charge in [0.1, 0.15) is 11.5 Å². The molecule has 0 radical (unpaired) electrons. The first-order valence-electron chi connectivity index (χ1n) is 6.81. The molecular weight excluding hydrogens is 341 g/mol. The van der Waals surface area contributed by atoms with E-state index < -0.39 is 11.7 Å². The summed E-state index contributed by atoms with van der Waals surface area (Å²) in [7, 11) is 3.05. The fraction of sp³-hybridized carbons (Fsp3) is 0.188. The zero-order valence-corrected chi connectivity index (χ0v) is 13.7. The van der Waals surface area contributed by atoms with Gasteiger partial charge in [0.15, 0.2) is 5.11 Å². The third-order valence-electron chi connectivity index (χ3n) is 3.13. The quantitative estimate of drug-likeness (QED) is 0.788. The van der Waals surface area contributed by atoms with E-state index in [0.29, 0.717) is 22.9 Å². The number of anilines is 2. The van der Waals surface area contributed by atoms with Crippen molar-refractivity contribution < 1.29 is 22.6 Å². The monoisotopic (exact) mass is 356 g/mol. The Morgan fingerprint density at radius 1 is 0.958 bits per heavy atom. The highest BCUT2D eigenvalue weighted by Crippen LogP contribution is 2.31. The molecule has 2 aromatic carbocycles. The minimum Gasteiger partial charge on any atom is -0.497 e. The fourth-order valence-electron chi connectivity index (χ4n) is 1.93. The van der Waals surface area contributed by atoms with Crippen LogP contribution in [-0.4, -0.2) is 19.3 Å². The van der Waals surface area contributed by atoms with E-state index in [0.717, 1.165) is 12.1 Å². The number of rotatable bonds is 4. The van der Waals surface area contributed by atoms with Crippen LogP contribution in [-0.2, 0) is 6.18 Å². The van der Waals surface area contributed by atoms with Crippen molar-refractivity contribution in [2.75, 3.05) is 24.9 Å². The lowest BCUT2D eigenvalue weighted by Gasteiger charge is -2.14. The maximum Gasteiger partial charge on any atom is 0.416 e. The summed E-state index contributed by atoms with van der Waals surface area (Å²) in [6.45, 7) is 0. The van der Waals surface area contributed by atoms with E-state index >= 15 is 0 Å². The van der Waals surface area contributed by atoms with Crippen LogP contribution in [0.4, 0.5) is 24.5 Å². The van der Waals surface area contributed by atoms with Crippen molar-refractivity contribution >= 4 is 28.7 Å². The first-order chi connectivity index (χ1) is 11.3. The van der Waals surface area contributed by atoms with E-state index in [-0.39, 0.29) is 5.11 Å². The summed E-state index contributed by atoms with van der Waals surface area (Å²) < 4.78 is 47.9. The lowest BCUT2D eigenvalue weighted by molar-refractivity contribution is -0.137. The Morgan fingerprint density at radius 3 is 2.17 bits per heavy atom. The van der Waals surface area contributed by atoms with Crippen molar-refractivity contribution in [3.8, 4) is 11.5 Å². The van der Waals surface area contributed by atoms with Gasteiger partial charge in [0.25, 0.3) is 0 Å². The molecule has 0 saturated carbocycles. The number of alkyl halides is 3. The smallest absolute Gasteiger partial charge is 0.416 e. The van der Waals surface area contributed by atoms with Gasteiger partial charge in [0, 0.05) is 11.8 Å². The second-order valence-electron chi connectivity index (χ2n) is 4.72. The number of ether oxygens (including phenoxy) is 2. The van der Waals surface area contributed by atoms with E-state index in [2.05, 4.69) is 10.6 Å². The number of nitrogens with one attached hydrogen (secondary N) is 2. The normalized spacial score (nSPS) is 10.9. The van der Waals surface area contributed by atoms with Gasteiger partial charge in [0.2, 0.25) is 0 Å². The molecule has 0 fully saturated rings. The summed E-state index contributed by atoms with van der Waals surface area (Å²) in [6, 6.07) is 9.72. The summed E-state index contributed by atoms with van der Waals surface area (Å²) in [5, 5.41) is 5.96. The molecule has 0 amide bonds. The van der Waals surface area contributed by atoms with E-state index in [1.165, 1.54) is 19.2 Å². The lowest BCUT2D eigenvalue weighted by atomic mass is 10.2. The standard InChI is InChI=1S/C16H15F3N2O2S/c1-22-12-7-8-13(14(9-12)23-2)21-15(24)20-11-5-3-10(4-6-11)16(17,18)19/h3-9H,1-2H3,(H2,20,21,24). The maximum absolute atomic E-state index is 12.5. The van der Waals surface area contributed by atoms with Crippen molar-refractivity contribution in [2.24, 2.45) is 0 Å². The summed E-state index contributed by atoms with van der Waals surface area (Å²) >= 11 is 5.16. The van der Waals surface area contributed by atoms with Gasteiger partial charge in [0.05, 0.1) is 25.5 Å². The fourth-order valence-corrected chi connectivity index (χ4v) is 2.16. The Morgan fingerprint density at radius 2 is 1.62 bits per heavy atom. The second-order valence-corrected chi connectivity index (χ2v) is 5.13. The Kier molecular flexibility index (Phi) is 5.50. The first-order valence-corrected chi connectivity index (χ1v) is 7.21. The predicted molar refractivity (Wildman–Crippen MR) is 90.8 cm³/mol. The van der Waals surface area contributed by atoms with Gasteiger partial charge in [-0.15, -0.1) is 0 Å². The Balaban J connectivity index is 2.06. The molecule has 0 aliphatic carbocycles. The maximum atomic E-state index is 12.5. The molecule has 8 heteroatoms. The highest BCUT2D eigenvalue weighted by molar-refractivity contribution is 7.80. The molecule has 0 aliphatic heterocycles. The average Bonchev–Trinajstić information content (AvgIpc) is 2.54. The van der Waals surface area contributed by atoms with Crippen LogP contribution in [0.3, 0.4) is 0 Å². The molecule has 0 saturated heterocycles. The molecule has 4 nitrogen and oxygen atoms in total. The van der Waals surface area contributed by atoms with Gasteiger partial charge in [-0.3, -0.25) is 0 Å². The third-order valence-corrected chi connectivity index (χ3v) is 3.33. The van der Waals surface area contributed by atoms with Gasteiger partial charge >= 0.3 is 6.18 Å². The molecule has 0 spiro atoms. The minimum atomic E-state index is -4.37. The molecule has 0 aromatic heterocycles. The molecule has 2 aromatic rings. The molecule has 0 heterocycles. The Bertz CT molecular complexity index is 718. The van der Waals surface area contributed by atoms with Gasteiger partial charge in [-0.05, 0) is 48.6 Å². The van der Waals surface area contributed by atoms with E-state index in [1.54, 1.807) is 25.3 Å². The van der Waals surface area contributed by atoms with Gasteiger partial charge in [-0.25, -0.2) is 0 Å². The van der Waals surface area contributed by atoms with Crippen LogP contribution in [0.2, 0.25) is 0 Å². The van der Waals surface area contributed by atoms with Crippen LogP contribution in [0.1, 0.15) is 5.56 Å². The zero-order chi connectivity index (χ0) is 17.7. The molecular formula is C16H15F3N2O2S. The SMILES string of the molecule is COc1ccc(NC(=S)Nc2ccc(C(F)(F)F)cc2)c(OC)c1. The van der Waals surface area contributed by atoms with Crippen molar-refractivity contribution in [2.45, 2.75) is 6.18 Å². The number of halogens is 3. The first kappa shape index (κ1) is 17.9. The number of hydrogen-bond donors (Lipinski definition) is 2. The number of benzene rings is 2. The second kappa shape index (κ2) is 7.39. The van der Waals surface area contributed by atoms with Crippen LogP contribution in [0, 0.1) is 0 Å². The Labute approximate surface area is 142 Å². The number of methoxy groups -OCH3 is 2. The highest BCUT2D eigenvalue weighted by Gasteiger charge is 2.29. The summed E-state index contributed by atoms with van der Waals surface area (Å²) in [6.07, 6.45) is -4.37. The number of hydrogen-bond acceptors (Lipinski definition) is 3. The zero-order valence-electron chi connectivity index (χ0n) is 12.9. The van der Waals surface area contributed by atoms with Crippen LogP contribution < -0.4 is 20.1 Å². The molecule has 0 bridgehead atoms. The third kappa shape index (κ3) is 4.51. The predicted octanol–water partition coefficient (Wildman–Crippen LogP) is 4.53. The molecule has 0 atom stereocenters. The summed E-state index contributed by atoms with van der Waals surface area (Å²) in [5.41, 5.74) is 0.319. The highest BCUT2D eigenvalue weighted by atomic mass is 32.1. The Hall–Kier alpha value is -2.48. The van der Waals surface area contributed by atoms with Gasteiger partial charge < -0.3 is 20.1 Å².